The van der Waals surface area contributed by atoms with Gasteiger partial charge in [-0.1, -0.05) is 54.1 Å². The van der Waals surface area contributed by atoms with Gasteiger partial charge in [0.1, 0.15) is 0 Å². The number of fused-ring (bicyclic) bond motifs is 2. The van der Waals surface area contributed by atoms with Gasteiger partial charge >= 0.3 is 0 Å². The van der Waals surface area contributed by atoms with E-state index in [0.29, 0.717) is 0 Å². The minimum Gasteiger partial charge on any atom is -0.370 e. The average molecular weight is 502 g/mol. The Bertz CT molecular complexity index is 1440. The van der Waals surface area contributed by atoms with Crippen molar-refractivity contribution < 1.29 is 13.0 Å². The molecule has 2 unspecified atom stereocenters. The van der Waals surface area contributed by atoms with E-state index in [9.17, 15) is 8.42 Å². The fourth-order valence-electron chi connectivity index (χ4n) is 5.24. The number of benzene rings is 3. The highest BCUT2D eigenvalue weighted by Gasteiger charge is 2.38. The predicted molar refractivity (Wildman–Crippen MR) is 145 cm³/mol. The standard InChI is InChI=1S/C22H23N3.C7H8O3S/c1-24-12-19-14-25(15-20(19)13-24)21-8-9-22(23-11-21)18-7-6-16-4-2-3-5-17(16)10-18;1-6-2-4-7(5-3-6)11(8,9)10/h2-11,19-20H,12-15H2,1H3;2-5H,1H3,(H,8,9,10). The summed E-state index contributed by atoms with van der Waals surface area (Å²) in [5, 5.41) is 2.54. The summed E-state index contributed by atoms with van der Waals surface area (Å²) in [6, 6.07) is 25.4. The molecular weight excluding hydrogens is 470 g/mol. The van der Waals surface area contributed by atoms with Crippen LogP contribution in [0.25, 0.3) is 22.0 Å². The molecule has 0 saturated carbocycles. The Morgan fingerprint density at radius 3 is 2.11 bits per heavy atom. The fourth-order valence-corrected chi connectivity index (χ4v) is 5.72. The maximum Gasteiger partial charge on any atom is 0.294 e. The van der Waals surface area contributed by atoms with Crippen LogP contribution in [0.1, 0.15) is 5.56 Å². The Hall–Kier alpha value is -3.26. The van der Waals surface area contributed by atoms with E-state index in [0.717, 1.165) is 23.1 Å². The Balaban J connectivity index is 0.000000205. The lowest BCUT2D eigenvalue weighted by Crippen LogP contribution is -2.26. The smallest absolute Gasteiger partial charge is 0.294 e. The summed E-state index contributed by atoms with van der Waals surface area (Å²) in [5.74, 6) is 1.65. The Morgan fingerprint density at radius 2 is 1.50 bits per heavy atom. The minimum absolute atomic E-state index is 0.0666. The van der Waals surface area contributed by atoms with Crippen molar-refractivity contribution in [1.82, 2.24) is 9.88 Å². The molecule has 3 aromatic carbocycles. The molecule has 2 aliphatic heterocycles. The van der Waals surface area contributed by atoms with Crippen LogP contribution in [-0.2, 0) is 10.1 Å². The normalized spacial score (nSPS) is 19.7. The molecule has 0 radical (unpaired) electrons. The third-order valence-electron chi connectivity index (χ3n) is 7.15. The molecule has 186 valence electrons. The molecule has 0 aliphatic carbocycles. The van der Waals surface area contributed by atoms with Crippen LogP contribution < -0.4 is 4.90 Å². The quantitative estimate of drug-likeness (QED) is 0.392. The first-order valence-corrected chi connectivity index (χ1v) is 13.6. The molecule has 6 rings (SSSR count). The fraction of sp³-hybridized carbons (Fsp3) is 0.276. The van der Waals surface area contributed by atoms with Crippen molar-refractivity contribution in [3.63, 3.8) is 0 Å². The summed E-state index contributed by atoms with van der Waals surface area (Å²) in [7, 11) is -1.78. The lowest BCUT2D eigenvalue weighted by molar-refractivity contribution is 0.387. The van der Waals surface area contributed by atoms with Gasteiger partial charge < -0.3 is 9.80 Å². The van der Waals surface area contributed by atoms with E-state index >= 15 is 0 Å². The van der Waals surface area contributed by atoms with Crippen molar-refractivity contribution in [2.24, 2.45) is 11.8 Å². The highest BCUT2D eigenvalue weighted by Crippen LogP contribution is 2.33. The second-order valence-electron chi connectivity index (χ2n) is 9.90. The second kappa shape index (κ2) is 10.0. The largest absolute Gasteiger partial charge is 0.370 e. The van der Waals surface area contributed by atoms with Crippen molar-refractivity contribution in [2.45, 2.75) is 11.8 Å². The van der Waals surface area contributed by atoms with E-state index in [2.05, 4.69) is 77.6 Å². The van der Waals surface area contributed by atoms with E-state index in [1.54, 1.807) is 12.1 Å². The first kappa shape index (κ1) is 24.4. The van der Waals surface area contributed by atoms with Gasteiger partial charge in [-0.05, 0) is 66.9 Å². The number of pyridine rings is 1. The molecule has 2 saturated heterocycles. The third-order valence-corrected chi connectivity index (χ3v) is 8.01. The van der Waals surface area contributed by atoms with Crippen LogP contribution in [0.3, 0.4) is 0 Å². The minimum atomic E-state index is -4.02. The number of rotatable bonds is 3. The van der Waals surface area contributed by atoms with Crippen molar-refractivity contribution in [2.75, 3.05) is 38.1 Å². The molecule has 36 heavy (non-hydrogen) atoms. The maximum absolute atomic E-state index is 10.5. The third kappa shape index (κ3) is 5.43. The zero-order chi connectivity index (χ0) is 25.3. The molecule has 0 amide bonds. The van der Waals surface area contributed by atoms with Gasteiger partial charge in [0.15, 0.2) is 0 Å². The Kier molecular flexibility index (Phi) is 6.79. The van der Waals surface area contributed by atoms with Crippen molar-refractivity contribution in [1.29, 1.82) is 0 Å². The summed E-state index contributed by atoms with van der Waals surface area (Å²) in [4.78, 5) is 9.67. The summed E-state index contributed by atoms with van der Waals surface area (Å²) in [6.07, 6.45) is 2.05. The monoisotopic (exact) mass is 501 g/mol. The van der Waals surface area contributed by atoms with Crippen molar-refractivity contribution in [3.05, 3.63) is 90.6 Å². The molecule has 2 atom stereocenters. The van der Waals surface area contributed by atoms with Gasteiger partial charge in [0, 0.05) is 31.7 Å². The van der Waals surface area contributed by atoms with Crippen molar-refractivity contribution in [3.8, 4) is 11.3 Å². The second-order valence-corrected chi connectivity index (χ2v) is 11.3. The first-order chi connectivity index (χ1) is 17.3. The van der Waals surface area contributed by atoms with Gasteiger partial charge in [-0.15, -0.1) is 0 Å². The molecule has 7 heteroatoms. The predicted octanol–water partition coefficient (Wildman–Crippen LogP) is 5.14. The Labute approximate surface area is 213 Å². The molecular formula is C29H31N3O3S. The van der Waals surface area contributed by atoms with Gasteiger partial charge in [-0.2, -0.15) is 8.42 Å². The van der Waals surface area contributed by atoms with E-state index in [4.69, 9.17) is 9.54 Å². The molecule has 1 N–H and O–H groups in total. The first-order valence-electron chi connectivity index (χ1n) is 12.2. The number of likely N-dealkylation sites (tertiary alicyclic amines) is 1. The number of hydrogen-bond acceptors (Lipinski definition) is 5. The molecule has 2 aliphatic rings. The molecule has 0 bridgehead atoms. The van der Waals surface area contributed by atoms with Crippen LogP contribution >= 0.6 is 0 Å². The SMILES string of the molecule is CN1CC2CN(c3ccc(-c4ccc5ccccc5c4)nc3)CC2C1.Cc1ccc(S(=O)(=O)O)cc1. The van der Waals surface area contributed by atoms with Gasteiger partial charge in [-0.25, -0.2) is 0 Å². The van der Waals surface area contributed by atoms with Crippen LogP contribution in [0, 0.1) is 18.8 Å². The van der Waals surface area contributed by atoms with E-state index in [1.165, 1.54) is 60.3 Å². The summed E-state index contributed by atoms with van der Waals surface area (Å²) in [5.41, 5.74) is 4.46. The van der Waals surface area contributed by atoms with Crippen LogP contribution in [0.5, 0.6) is 0 Å². The number of aromatic nitrogens is 1. The number of anilines is 1. The van der Waals surface area contributed by atoms with Crippen LogP contribution in [0.4, 0.5) is 5.69 Å². The molecule has 0 spiro atoms. The highest BCUT2D eigenvalue weighted by molar-refractivity contribution is 7.85. The van der Waals surface area contributed by atoms with Gasteiger partial charge in [0.25, 0.3) is 10.1 Å². The topological polar surface area (TPSA) is 73.7 Å². The molecule has 2 fully saturated rings. The molecule has 6 nitrogen and oxygen atoms in total. The number of nitrogens with zero attached hydrogens (tertiary/aromatic N) is 3. The molecule has 3 heterocycles. The van der Waals surface area contributed by atoms with Crippen LogP contribution in [0.2, 0.25) is 0 Å². The van der Waals surface area contributed by atoms with Gasteiger partial charge in [-0.3, -0.25) is 9.54 Å². The Morgan fingerprint density at radius 1 is 0.833 bits per heavy atom. The zero-order valence-electron chi connectivity index (χ0n) is 20.6. The zero-order valence-corrected chi connectivity index (χ0v) is 21.4. The van der Waals surface area contributed by atoms with Crippen molar-refractivity contribution >= 4 is 26.6 Å². The maximum atomic E-state index is 10.5. The highest BCUT2D eigenvalue weighted by atomic mass is 32.2. The van der Waals surface area contributed by atoms with Gasteiger partial charge in [0.05, 0.1) is 22.5 Å². The summed E-state index contributed by atoms with van der Waals surface area (Å²) < 4.78 is 29.6. The van der Waals surface area contributed by atoms with E-state index < -0.39 is 10.1 Å². The number of aryl methyl sites for hydroxylation is 1. The summed E-state index contributed by atoms with van der Waals surface area (Å²) in [6.45, 7) is 6.67. The molecule has 1 aromatic heterocycles. The van der Waals surface area contributed by atoms with E-state index in [-0.39, 0.29) is 4.90 Å². The lowest BCUT2D eigenvalue weighted by atomic mass is 10.0. The average Bonchev–Trinajstić information content (AvgIpc) is 3.41. The van der Waals surface area contributed by atoms with Crippen LogP contribution in [-0.4, -0.2) is 56.1 Å². The number of hydrogen-bond donors (Lipinski definition) is 1. The summed E-state index contributed by atoms with van der Waals surface area (Å²) >= 11 is 0. The van der Waals surface area contributed by atoms with Gasteiger partial charge in [0.2, 0.25) is 0 Å². The lowest BCUT2D eigenvalue weighted by Gasteiger charge is -2.21. The van der Waals surface area contributed by atoms with Crippen LogP contribution in [0.15, 0.2) is 90.0 Å². The van der Waals surface area contributed by atoms with E-state index in [1.807, 2.05) is 6.92 Å². The molecule has 4 aromatic rings.